The van der Waals surface area contributed by atoms with Crippen molar-refractivity contribution >= 4 is 28.8 Å². The summed E-state index contributed by atoms with van der Waals surface area (Å²) in [7, 11) is 1.76. The van der Waals surface area contributed by atoms with E-state index < -0.39 is 0 Å². The van der Waals surface area contributed by atoms with Gasteiger partial charge in [0.2, 0.25) is 0 Å². The van der Waals surface area contributed by atoms with Gasteiger partial charge in [-0.25, -0.2) is 0 Å². The van der Waals surface area contributed by atoms with Gasteiger partial charge in [0.1, 0.15) is 0 Å². The normalized spacial score (nSPS) is 12.0. The molecule has 25 heavy (non-hydrogen) atoms. The maximum atomic E-state index is 12.8. The number of para-hydroxylation sites is 1. The minimum Gasteiger partial charge on any atom is -0.342 e. The smallest absolute Gasteiger partial charge is 0.256 e. The standard InChI is InChI=1S/C19H25N3O2S/c1-13(2)16(20)8-10-22(3)19(24)15-6-4-5-7-17(15)21-18(23)14-9-11-25-12-14/h4-7,9,11-13,16H,8,10,20H2,1-3H3,(H,21,23). The van der Waals surface area contributed by atoms with E-state index in [-0.39, 0.29) is 17.9 Å². The third-order valence-electron chi connectivity index (χ3n) is 4.19. The first-order valence-electron chi connectivity index (χ1n) is 8.33. The highest BCUT2D eigenvalue weighted by Gasteiger charge is 2.18. The van der Waals surface area contributed by atoms with Crippen LogP contribution in [0.2, 0.25) is 0 Å². The highest BCUT2D eigenvalue weighted by Crippen LogP contribution is 2.19. The quantitative estimate of drug-likeness (QED) is 0.795. The van der Waals surface area contributed by atoms with Crippen molar-refractivity contribution in [3.8, 4) is 0 Å². The molecule has 0 spiro atoms. The summed E-state index contributed by atoms with van der Waals surface area (Å²) in [5.74, 6) is 0.0313. The molecule has 6 heteroatoms. The SMILES string of the molecule is CC(C)C(N)CCN(C)C(=O)c1ccccc1NC(=O)c1ccsc1. The topological polar surface area (TPSA) is 75.4 Å². The van der Waals surface area contributed by atoms with E-state index in [9.17, 15) is 9.59 Å². The van der Waals surface area contributed by atoms with Gasteiger partial charge in [-0.1, -0.05) is 26.0 Å². The van der Waals surface area contributed by atoms with E-state index in [0.29, 0.717) is 29.3 Å². The van der Waals surface area contributed by atoms with Gasteiger partial charge in [-0.3, -0.25) is 9.59 Å². The van der Waals surface area contributed by atoms with Gasteiger partial charge in [-0.05, 0) is 35.9 Å². The lowest BCUT2D eigenvalue weighted by Gasteiger charge is -2.22. The molecule has 5 nitrogen and oxygen atoms in total. The summed E-state index contributed by atoms with van der Waals surface area (Å²) in [6.45, 7) is 4.72. The Labute approximate surface area is 152 Å². The van der Waals surface area contributed by atoms with Crippen molar-refractivity contribution in [3.63, 3.8) is 0 Å². The molecular weight excluding hydrogens is 334 g/mol. The lowest BCUT2D eigenvalue weighted by atomic mass is 10.0. The van der Waals surface area contributed by atoms with E-state index in [1.807, 2.05) is 5.38 Å². The van der Waals surface area contributed by atoms with Crippen LogP contribution in [-0.2, 0) is 0 Å². The number of carbonyl (C=O) groups excluding carboxylic acids is 2. The molecule has 0 aliphatic rings. The Kier molecular flexibility index (Phi) is 6.73. The van der Waals surface area contributed by atoms with Crippen molar-refractivity contribution in [1.29, 1.82) is 0 Å². The van der Waals surface area contributed by atoms with Crippen molar-refractivity contribution in [2.75, 3.05) is 18.9 Å². The van der Waals surface area contributed by atoms with Crippen LogP contribution in [0.3, 0.4) is 0 Å². The molecule has 0 aliphatic heterocycles. The molecule has 1 heterocycles. The highest BCUT2D eigenvalue weighted by molar-refractivity contribution is 7.08. The molecule has 1 atom stereocenters. The molecular formula is C19H25N3O2S. The van der Waals surface area contributed by atoms with E-state index in [2.05, 4.69) is 19.2 Å². The summed E-state index contributed by atoms with van der Waals surface area (Å²) in [5, 5.41) is 6.45. The second-order valence-electron chi connectivity index (χ2n) is 6.43. The molecule has 1 unspecified atom stereocenters. The number of thiophene rings is 1. The fourth-order valence-electron chi connectivity index (χ4n) is 2.35. The predicted molar refractivity (Wildman–Crippen MR) is 103 cm³/mol. The van der Waals surface area contributed by atoms with Gasteiger partial charge in [-0.15, -0.1) is 0 Å². The van der Waals surface area contributed by atoms with Gasteiger partial charge >= 0.3 is 0 Å². The van der Waals surface area contributed by atoms with Crippen molar-refractivity contribution in [2.45, 2.75) is 26.3 Å². The number of benzene rings is 1. The number of amides is 2. The third kappa shape index (κ3) is 5.14. The van der Waals surface area contributed by atoms with Crippen molar-refractivity contribution < 1.29 is 9.59 Å². The molecule has 2 rings (SSSR count). The summed E-state index contributed by atoms with van der Waals surface area (Å²) in [6, 6.07) is 8.87. The van der Waals surface area contributed by atoms with Crippen LogP contribution in [0.25, 0.3) is 0 Å². The van der Waals surface area contributed by atoms with Crippen molar-refractivity contribution in [2.24, 2.45) is 11.7 Å². The number of nitrogens with one attached hydrogen (secondary N) is 1. The zero-order chi connectivity index (χ0) is 18.4. The van der Waals surface area contributed by atoms with E-state index in [4.69, 9.17) is 5.73 Å². The first kappa shape index (κ1) is 19.1. The third-order valence-corrected chi connectivity index (χ3v) is 4.87. The lowest BCUT2D eigenvalue weighted by Crippen LogP contribution is -2.35. The highest BCUT2D eigenvalue weighted by atomic mass is 32.1. The predicted octanol–water partition coefficient (Wildman–Crippen LogP) is 3.45. The Hall–Kier alpha value is -2.18. The maximum absolute atomic E-state index is 12.8. The Balaban J connectivity index is 2.08. The number of hydrogen-bond acceptors (Lipinski definition) is 4. The molecule has 0 aliphatic carbocycles. The van der Waals surface area contributed by atoms with Crippen LogP contribution in [0, 0.1) is 5.92 Å². The molecule has 2 amide bonds. The summed E-state index contributed by atoms with van der Waals surface area (Å²) >= 11 is 1.46. The number of nitrogens with zero attached hydrogens (tertiary/aromatic N) is 1. The molecule has 0 bridgehead atoms. The number of rotatable bonds is 7. The average molecular weight is 359 g/mol. The Morgan fingerprint density at radius 1 is 1.24 bits per heavy atom. The van der Waals surface area contributed by atoms with E-state index in [1.165, 1.54) is 11.3 Å². The second-order valence-corrected chi connectivity index (χ2v) is 7.22. The van der Waals surface area contributed by atoms with Crippen molar-refractivity contribution in [3.05, 3.63) is 52.2 Å². The fourth-order valence-corrected chi connectivity index (χ4v) is 2.99. The minimum absolute atomic E-state index is 0.0591. The van der Waals surface area contributed by atoms with E-state index in [0.717, 1.165) is 6.42 Å². The first-order chi connectivity index (χ1) is 11.9. The Morgan fingerprint density at radius 3 is 2.60 bits per heavy atom. The van der Waals surface area contributed by atoms with Crippen LogP contribution >= 0.6 is 11.3 Å². The summed E-state index contributed by atoms with van der Waals surface area (Å²) in [4.78, 5) is 26.7. The number of carbonyl (C=O) groups is 2. The zero-order valence-electron chi connectivity index (χ0n) is 14.9. The number of anilines is 1. The van der Waals surface area contributed by atoms with Crippen LogP contribution in [0.4, 0.5) is 5.69 Å². The largest absolute Gasteiger partial charge is 0.342 e. The van der Waals surface area contributed by atoms with Gasteiger partial charge < -0.3 is 16.0 Å². The fraction of sp³-hybridized carbons (Fsp3) is 0.368. The average Bonchev–Trinajstić information content (AvgIpc) is 3.13. The molecule has 3 N–H and O–H groups in total. The summed E-state index contributed by atoms with van der Waals surface area (Å²) in [5.41, 5.74) is 7.64. The first-order valence-corrected chi connectivity index (χ1v) is 9.28. The van der Waals surface area contributed by atoms with Crippen LogP contribution in [0.5, 0.6) is 0 Å². The molecule has 134 valence electrons. The molecule has 0 saturated heterocycles. The molecule has 1 aromatic carbocycles. The molecule has 0 radical (unpaired) electrons. The Bertz CT molecular complexity index is 713. The van der Waals surface area contributed by atoms with Gasteiger partial charge in [-0.2, -0.15) is 11.3 Å². The van der Waals surface area contributed by atoms with Crippen LogP contribution < -0.4 is 11.1 Å². The van der Waals surface area contributed by atoms with Gasteiger partial charge in [0.05, 0.1) is 16.8 Å². The number of nitrogens with two attached hydrogens (primary N) is 1. The van der Waals surface area contributed by atoms with Crippen LogP contribution in [0.1, 0.15) is 41.0 Å². The Morgan fingerprint density at radius 2 is 1.96 bits per heavy atom. The molecule has 2 aromatic rings. The van der Waals surface area contributed by atoms with E-state index in [1.54, 1.807) is 47.7 Å². The van der Waals surface area contributed by atoms with E-state index >= 15 is 0 Å². The molecule has 0 saturated carbocycles. The van der Waals surface area contributed by atoms with Crippen LogP contribution in [-0.4, -0.2) is 36.3 Å². The summed E-state index contributed by atoms with van der Waals surface area (Å²) in [6.07, 6.45) is 0.739. The zero-order valence-corrected chi connectivity index (χ0v) is 15.7. The summed E-state index contributed by atoms with van der Waals surface area (Å²) < 4.78 is 0. The van der Waals surface area contributed by atoms with Gasteiger partial charge in [0.15, 0.2) is 0 Å². The van der Waals surface area contributed by atoms with Crippen LogP contribution in [0.15, 0.2) is 41.1 Å². The molecule has 0 fully saturated rings. The molecule has 1 aromatic heterocycles. The number of hydrogen-bond donors (Lipinski definition) is 2. The van der Waals surface area contributed by atoms with Gasteiger partial charge in [0, 0.05) is 25.0 Å². The van der Waals surface area contributed by atoms with Gasteiger partial charge in [0.25, 0.3) is 11.8 Å². The lowest BCUT2D eigenvalue weighted by molar-refractivity contribution is 0.0790. The maximum Gasteiger partial charge on any atom is 0.256 e. The monoisotopic (exact) mass is 359 g/mol. The van der Waals surface area contributed by atoms with Crippen molar-refractivity contribution in [1.82, 2.24) is 4.90 Å². The second kappa shape index (κ2) is 8.78. The minimum atomic E-state index is -0.217.